The molecular formula is C15H22N2O. The minimum Gasteiger partial charge on any atom is -0.398 e. The summed E-state index contributed by atoms with van der Waals surface area (Å²) >= 11 is 0. The van der Waals surface area contributed by atoms with Crippen molar-refractivity contribution in [1.82, 2.24) is 4.90 Å². The lowest BCUT2D eigenvalue weighted by Crippen LogP contribution is -2.30. The first kappa shape index (κ1) is 13.1. The molecule has 3 nitrogen and oxygen atoms in total. The molecule has 1 heterocycles. The summed E-state index contributed by atoms with van der Waals surface area (Å²) in [6.45, 7) is 4.58. The predicted molar refractivity (Wildman–Crippen MR) is 74.8 cm³/mol. The third-order valence-electron chi connectivity index (χ3n) is 3.67. The molecule has 1 fully saturated rings. The molecule has 1 aliphatic rings. The van der Waals surface area contributed by atoms with Crippen LogP contribution in [0.1, 0.15) is 41.6 Å². The monoisotopic (exact) mass is 246 g/mol. The van der Waals surface area contributed by atoms with Gasteiger partial charge in [0.2, 0.25) is 0 Å². The summed E-state index contributed by atoms with van der Waals surface area (Å²) in [5.41, 5.74) is 8.32. The Morgan fingerprint density at radius 2 is 1.89 bits per heavy atom. The van der Waals surface area contributed by atoms with Gasteiger partial charge in [0.15, 0.2) is 5.78 Å². The van der Waals surface area contributed by atoms with Gasteiger partial charge in [-0.05, 0) is 44.5 Å². The Morgan fingerprint density at radius 1 is 1.22 bits per heavy atom. The maximum absolute atomic E-state index is 12.2. The summed E-state index contributed by atoms with van der Waals surface area (Å²) < 4.78 is 0. The fourth-order valence-corrected chi connectivity index (χ4v) is 2.40. The maximum Gasteiger partial charge on any atom is 0.176 e. The van der Waals surface area contributed by atoms with E-state index < -0.39 is 0 Å². The molecule has 0 radical (unpaired) electrons. The maximum atomic E-state index is 12.2. The zero-order valence-electron chi connectivity index (χ0n) is 11.1. The van der Waals surface area contributed by atoms with E-state index in [1.807, 2.05) is 19.1 Å². The van der Waals surface area contributed by atoms with E-state index in [-0.39, 0.29) is 5.78 Å². The quantitative estimate of drug-likeness (QED) is 0.659. The molecule has 1 saturated heterocycles. The molecule has 0 unspecified atom stereocenters. The highest BCUT2D eigenvalue weighted by atomic mass is 16.1. The van der Waals surface area contributed by atoms with Crippen LogP contribution in [-0.4, -0.2) is 30.3 Å². The smallest absolute Gasteiger partial charge is 0.176 e. The van der Waals surface area contributed by atoms with Crippen molar-refractivity contribution in [2.75, 3.05) is 25.4 Å². The third kappa shape index (κ3) is 3.33. The molecule has 1 aromatic carbocycles. The molecule has 0 bridgehead atoms. The zero-order valence-corrected chi connectivity index (χ0v) is 11.1. The van der Waals surface area contributed by atoms with Crippen LogP contribution in [0.3, 0.4) is 0 Å². The molecule has 0 atom stereocenters. The summed E-state index contributed by atoms with van der Waals surface area (Å²) in [4.78, 5) is 14.5. The molecule has 0 aliphatic carbocycles. The Bertz CT molecular complexity index is 421. The molecule has 0 aromatic heterocycles. The van der Waals surface area contributed by atoms with Gasteiger partial charge in [-0.3, -0.25) is 9.69 Å². The SMILES string of the molecule is Cc1ccc(C(=O)CN2CCCCCC2)cc1N. The molecule has 18 heavy (non-hydrogen) atoms. The van der Waals surface area contributed by atoms with Gasteiger partial charge in [-0.1, -0.05) is 25.0 Å². The topological polar surface area (TPSA) is 46.3 Å². The van der Waals surface area contributed by atoms with Crippen LogP contribution in [0, 0.1) is 6.92 Å². The van der Waals surface area contributed by atoms with Crippen molar-refractivity contribution in [3.63, 3.8) is 0 Å². The molecule has 1 aromatic rings. The number of benzene rings is 1. The van der Waals surface area contributed by atoms with Crippen LogP contribution in [0.4, 0.5) is 5.69 Å². The second kappa shape index (κ2) is 6.01. The third-order valence-corrected chi connectivity index (χ3v) is 3.67. The first-order valence-corrected chi connectivity index (χ1v) is 6.78. The normalized spacial score (nSPS) is 17.4. The Kier molecular flexibility index (Phi) is 4.37. The van der Waals surface area contributed by atoms with Gasteiger partial charge in [0.05, 0.1) is 6.54 Å². The van der Waals surface area contributed by atoms with E-state index in [0.29, 0.717) is 12.2 Å². The van der Waals surface area contributed by atoms with E-state index in [2.05, 4.69) is 4.90 Å². The number of carbonyl (C=O) groups is 1. The molecular weight excluding hydrogens is 224 g/mol. The first-order valence-electron chi connectivity index (χ1n) is 6.78. The van der Waals surface area contributed by atoms with E-state index in [1.165, 1.54) is 25.7 Å². The predicted octanol–water partition coefficient (Wildman–Crippen LogP) is 2.64. The Hall–Kier alpha value is -1.35. The highest BCUT2D eigenvalue weighted by Gasteiger charge is 2.14. The average Bonchev–Trinajstić information content (AvgIpc) is 2.61. The van der Waals surface area contributed by atoms with Gasteiger partial charge in [-0.15, -0.1) is 0 Å². The molecule has 3 heteroatoms. The molecule has 98 valence electrons. The fraction of sp³-hybridized carbons (Fsp3) is 0.533. The van der Waals surface area contributed by atoms with Crippen LogP contribution >= 0.6 is 0 Å². The summed E-state index contributed by atoms with van der Waals surface area (Å²) in [6, 6.07) is 5.60. The van der Waals surface area contributed by atoms with Crippen molar-refractivity contribution in [2.24, 2.45) is 0 Å². The first-order chi connectivity index (χ1) is 8.66. The van der Waals surface area contributed by atoms with Crippen molar-refractivity contribution in [3.05, 3.63) is 29.3 Å². The van der Waals surface area contributed by atoms with Gasteiger partial charge in [0.25, 0.3) is 0 Å². The number of nitrogens with two attached hydrogens (primary N) is 1. The Morgan fingerprint density at radius 3 is 2.50 bits per heavy atom. The van der Waals surface area contributed by atoms with Gasteiger partial charge in [0.1, 0.15) is 0 Å². The van der Waals surface area contributed by atoms with Crippen LogP contribution in [0.2, 0.25) is 0 Å². The van der Waals surface area contributed by atoms with Gasteiger partial charge >= 0.3 is 0 Å². The van der Waals surface area contributed by atoms with Gasteiger partial charge in [-0.2, -0.15) is 0 Å². The number of Topliss-reactive ketones (excluding diaryl/α,β-unsaturated/α-hetero) is 1. The van der Waals surface area contributed by atoms with Crippen LogP contribution < -0.4 is 5.73 Å². The highest BCUT2D eigenvalue weighted by Crippen LogP contribution is 2.15. The molecule has 0 saturated carbocycles. The van der Waals surface area contributed by atoms with Gasteiger partial charge in [0, 0.05) is 11.3 Å². The number of aryl methyl sites for hydroxylation is 1. The standard InChI is InChI=1S/C15H22N2O/c1-12-6-7-13(10-14(12)16)15(18)11-17-8-4-2-3-5-9-17/h6-7,10H,2-5,8-9,11,16H2,1H3. The second-order valence-corrected chi connectivity index (χ2v) is 5.18. The summed E-state index contributed by atoms with van der Waals surface area (Å²) in [5.74, 6) is 0.184. The zero-order chi connectivity index (χ0) is 13.0. The van der Waals surface area contributed by atoms with Crippen molar-refractivity contribution in [3.8, 4) is 0 Å². The number of hydrogen-bond donors (Lipinski definition) is 1. The van der Waals surface area contributed by atoms with Crippen molar-refractivity contribution >= 4 is 11.5 Å². The van der Waals surface area contributed by atoms with Crippen molar-refractivity contribution < 1.29 is 4.79 Å². The molecule has 2 N–H and O–H groups in total. The number of carbonyl (C=O) groups excluding carboxylic acids is 1. The lowest BCUT2D eigenvalue weighted by Gasteiger charge is -2.18. The minimum atomic E-state index is 0.184. The van der Waals surface area contributed by atoms with Crippen LogP contribution in [-0.2, 0) is 0 Å². The lowest BCUT2D eigenvalue weighted by atomic mass is 10.1. The number of nitrogen functional groups attached to an aromatic ring is 1. The number of rotatable bonds is 3. The average molecular weight is 246 g/mol. The molecule has 2 rings (SSSR count). The number of ketones is 1. The molecule has 0 amide bonds. The fourth-order valence-electron chi connectivity index (χ4n) is 2.40. The highest BCUT2D eigenvalue weighted by molar-refractivity contribution is 5.98. The Balaban J connectivity index is 1.99. The second-order valence-electron chi connectivity index (χ2n) is 5.18. The van der Waals surface area contributed by atoms with Gasteiger partial charge < -0.3 is 5.73 Å². The number of hydrogen-bond acceptors (Lipinski definition) is 3. The number of anilines is 1. The van der Waals surface area contributed by atoms with Gasteiger partial charge in [-0.25, -0.2) is 0 Å². The summed E-state index contributed by atoms with van der Waals surface area (Å²) in [5, 5.41) is 0. The van der Waals surface area contributed by atoms with E-state index in [9.17, 15) is 4.79 Å². The molecule has 0 spiro atoms. The number of likely N-dealkylation sites (tertiary alicyclic amines) is 1. The van der Waals surface area contributed by atoms with Crippen LogP contribution in [0.5, 0.6) is 0 Å². The molecule has 1 aliphatic heterocycles. The lowest BCUT2D eigenvalue weighted by molar-refractivity contribution is 0.0933. The number of nitrogens with zero attached hydrogens (tertiary/aromatic N) is 1. The van der Waals surface area contributed by atoms with Crippen molar-refractivity contribution in [2.45, 2.75) is 32.6 Å². The van der Waals surface area contributed by atoms with E-state index >= 15 is 0 Å². The van der Waals surface area contributed by atoms with E-state index in [0.717, 1.165) is 24.2 Å². The Labute approximate surface area is 109 Å². The van der Waals surface area contributed by atoms with Crippen LogP contribution in [0.25, 0.3) is 0 Å². The van der Waals surface area contributed by atoms with Crippen molar-refractivity contribution in [1.29, 1.82) is 0 Å². The summed E-state index contributed by atoms with van der Waals surface area (Å²) in [7, 11) is 0. The summed E-state index contributed by atoms with van der Waals surface area (Å²) in [6.07, 6.45) is 5.01. The minimum absolute atomic E-state index is 0.184. The largest absolute Gasteiger partial charge is 0.398 e. The van der Waals surface area contributed by atoms with E-state index in [4.69, 9.17) is 5.73 Å². The van der Waals surface area contributed by atoms with E-state index in [1.54, 1.807) is 6.07 Å². The van der Waals surface area contributed by atoms with Crippen LogP contribution in [0.15, 0.2) is 18.2 Å².